The Hall–Kier alpha value is -0.590. The van der Waals surface area contributed by atoms with E-state index in [0.29, 0.717) is 0 Å². The average molecular weight is 209 g/mol. The van der Waals surface area contributed by atoms with Crippen LogP contribution >= 0.6 is 0 Å². The van der Waals surface area contributed by atoms with Crippen molar-refractivity contribution in [2.75, 3.05) is 20.1 Å². The molecule has 1 saturated carbocycles. The second kappa shape index (κ2) is 4.96. The van der Waals surface area contributed by atoms with Crippen molar-refractivity contribution in [3.63, 3.8) is 0 Å². The van der Waals surface area contributed by atoms with Crippen molar-refractivity contribution in [3.8, 4) is 6.07 Å². The number of nitriles is 1. The lowest BCUT2D eigenvalue weighted by molar-refractivity contribution is 0.300. The maximum atomic E-state index is 8.76. The number of nitrogens with two attached hydrogens (primary N) is 1. The monoisotopic (exact) mass is 209 g/mol. The van der Waals surface area contributed by atoms with Gasteiger partial charge in [-0.05, 0) is 51.6 Å². The lowest BCUT2D eigenvalue weighted by Crippen LogP contribution is -2.35. The van der Waals surface area contributed by atoms with Crippen molar-refractivity contribution in [3.05, 3.63) is 0 Å². The van der Waals surface area contributed by atoms with E-state index in [1.165, 1.54) is 13.0 Å². The van der Waals surface area contributed by atoms with Gasteiger partial charge in [-0.2, -0.15) is 5.26 Å². The van der Waals surface area contributed by atoms with E-state index in [1.54, 1.807) is 6.92 Å². The summed E-state index contributed by atoms with van der Waals surface area (Å²) >= 11 is 0. The molecule has 3 nitrogen and oxygen atoms in total. The fraction of sp³-hybridized carbons (Fsp3) is 0.917. The number of nitrogens with zero attached hydrogens (tertiary/aromatic N) is 2. The van der Waals surface area contributed by atoms with Gasteiger partial charge in [0.25, 0.3) is 0 Å². The van der Waals surface area contributed by atoms with Gasteiger partial charge in [-0.1, -0.05) is 6.92 Å². The Bertz CT molecular complexity index is 242. The minimum Gasteiger partial charge on any atom is -0.314 e. The molecular weight excluding hydrogens is 186 g/mol. The zero-order chi connectivity index (χ0) is 11.5. The molecule has 0 heterocycles. The molecule has 3 unspecified atom stereocenters. The summed E-state index contributed by atoms with van der Waals surface area (Å²) in [5.41, 5.74) is 5.11. The molecule has 3 atom stereocenters. The Morgan fingerprint density at radius 1 is 1.60 bits per heavy atom. The number of hydrogen-bond donors (Lipinski definition) is 1. The molecule has 1 fully saturated rings. The molecule has 0 aromatic heterocycles. The van der Waals surface area contributed by atoms with Gasteiger partial charge in [0.2, 0.25) is 0 Å². The summed E-state index contributed by atoms with van der Waals surface area (Å²) in [6, 6.07) is 2.13. The van der Waals surface area contributed by atoms with E-state index < -0.39 is 5.54 Å². The minimum atomic E-state index is -0.645. The molecule has 2 N–H and O–H groups in total. The second-order valence-corrected chi connectivity index (χ2v) is 5.37. The summed E-state index contributed by atoms with van der Waals surface area (Å²) in [5.74, 6) is 1.83. The van der Waals surface area contributed by atoms with Crippen LogP contribution in [0.2, 0.25) is 0 Å². The van der Waals surface area contributed by atoms with Gasteiger partial charge in [-0.25, -0.2) is 0 Å². The van der Waals surface area contributed by atoms with Crippen LogP contribution in [0.5, 0.6) is 0 Å². The van der Waals surface area contributed by atoms with Crippen molar-refractivity contribution >= 4 is 0 Å². The van der Waals surface area contributed by atoms with Crippen LogP contribution in [-0.4, -0.2) is 30.6 Å². The highest BCUT2D eigenvalue weighted by Gasteiger charge is 2.32. The molecular formula is C12H23N3. The first-order valence-corrected chi connectivity index (χ1v) is 5.83. The van der Waals surface area contributed by atoms with E-state index >= 15 is 0 Å². The molecule has 0 bridgehead atoms. The minimum absolute atomic E-state index is 0.645. The molecule has 0 saturated heterocycles. The predicted molar refractivity (Wildman–Crippen MR) is 62.2 cm³/mol. The first-order valence-electron chi connectivity index (χ1n) is 5.83. The summed E-state index contributed by atoms with van der Waals surface area (Å²) in [7, 11) is 2.16. The van der Waals surface area contributed by atoms with Crippen LogP contribution in [0.3, 0.4) is 0 Å². The highest BCUT2D eigenvalue weighted by molar-refractivity contribution is 5.00. The Morgan fingerprint density at radius 2 is 2.20 bits per heavy atom. The SMILES string of the molecule is CC1CC1CN(C)CCCC(C)(N)C#N. The van der Waals surface area contributed by atoms with E-state index in [2.05, 4.69) is 24.9 Å². The molecule has 0 aliphatic heterocycles. The van der Waals surface area contributed by atoms with Crippen molar-refractivity contribution in [1.29, 1.82) is 5.26 Å². The van der Waals surface area contributed by atoms with Gasteiger partial charge in [0.1, 0.15) is 5.54 Å². The quantitative estimate of drug-likeness (QED) is 0.723. The van der Waals surface area contributed by atoms with Crippen LogP contribution in [0.1, 0.15) is 33.1 Å². The van der Waals surface area contributed by atoms with E-state index in [1.807, 2.05) is 0 Å². The molecule has 86 valence electrons. The Morgan fingerprint density at radius 3 is 2.67 bits per heavy atom. The molecule has 0 aromatic rings. The van der Waals surface area contributed by atoms with E-state index in [9.17, 15) is 0 Å². The molecule has 0 amide bonds. The fourth-order valence-corrected chi connectivity index (χ4v) is 1.92. The Kier molecular flexibility index (Phi) is 4.12. The maximum absolute atomic E-state index is 8.76. The lowest BCUT2D eigenvalue weighted by atomic mass is 9.99. The maximum Gasteiger partial charge on any atom is 0.101 e. The molecule has 0 spiro atoms. The van der Waals surface area contributed by atoms with Gasteiger partial charge >= 0.3 is 0 Å². The van der Waals surface area contributed by atoms with Crippen molar-refractivity contribution < 1.29 is 0 Å². The molecule has 0 aromatic carbocycles. The van der Waals surface area contributed by atoms with Crippen LogP contribution in [0.25, 0.3) is 0 Å². The lowest BCUT2D eigenvalue weighted by Gasteiger charge is -2.19. The first-order chi connectivity index (χ1) is 6.94. The molecule has 0 radical (unpaired) electrons. The zero-order valence-corrected chi connectivity index (χ0v) is 10.2. The van der Waals surface area contributed by atoms with E-state index in [4.69, 9.17) is 11.0 Å². The van der Waals surface area contributed by atoms with Gasteiger partial charge in [0.05, 0.1) is 6.07 Å². The molecule has 1 aliphatic rings. The van der Waals surface area contributed by atoms with Gasteiger partial charge in [0.15, 0.2) is 0 Å². The van der Waals surface area contributed by atoms with E-state index in [-0.39, 0.29) is 0 Å². The summed E-state index contributed by atoms with van der Waals surface area (Å²) < 4.78 is 0. The van der Waals surface area contributed by atoms with Crippen molar-refractivity contribution in [2.45, 2.75) is 38.6 Å². The second-order valence-electron chi connectivity index (χ2n) is 5.37. The van der Waals surface area contributed by atoms with Crippen LogP contribution in [0.15, 0.2) is 0 Å². The average Bonchev–Trinajstić information content (AvgIpc) is 2.81. The third-order valence-electron chi connectivity index (χ3n) is 3.31. The summed E-state index contributed by atoms with van der Waals surface area (Å²) in [4.78, 5) is 2.36. The molecule has 15 heavy (non-hydrogen) atoms. The van der Waals surface area contributed by atoms with Gasteiger partial charge in [0, 0.05) is 6.54 Å². The highest BCUT2D eigenvalue weighted by Crippen LogP contribution is 2.37. The number of rotatable bonds is 6. The fourth-order valence-electron chi connectivity index (χ4n) is 1.92. The number of hydrogen-bond acceptors (Lipinski definition) is 3. The standard InChI is InChI=1S/C12H23N3/c1-10-7-11(10)8-15(3)6-4-5-12(2,14)9-13/h10-11H,4-8,14H2,1-3H3. The smallest absolute Gasteiger partial charge is 0.101 e. The normalized spacial score (nSPS) is 28.5. The van der Waals surface area contributed by atoms with Gasteiger partial charge in [-0.15, -0.1) is 0 Å². The van der Waals surface area contributed by atoms with Crippen LogP contribution in [0, 0.1) is 23.2 Å². The van der Waals surface area contributed by atoms with E-state index in [0.717, 1.165) is 31.2 Å². The Labute approximate surface area is 93.2 Å². The van der Waals surface area contributed by atoms with Crippen LogP contribution in [0.4, 0.5) is 0 Å². The largest absolute Gasteiger partial charge is 0.314 e. The van der Waals surface area contributed by atoms with Crippen LogP contribution in [-0.2, 0) is 0 Å². The molecule has 1 rings (SSSR count). The van der Waals surface area contributed by atoms with Crippen molar-refractivity contribution in [1.82, 2.24) is 4.90 Å². The van der Waals surface area contributed by atoms with Crippen molar-refractivity contribution in [2.24, 2.45) is 17.6 Å². The highest BCUT2D eigenvalue weighted by atomic mass is 15.1. The molecule has 1 aliphatic carbocycles. The summed E-state index contributed by atoms with van der Waals surface area (Å²) in [6.07, 6.45) is 3.18. The summed E-state index contributed by atoms with van der Waals surface area (Å²) in [6.45, 7) is 6.37. The third kappa shape index (κ3) is 4.63. The topological polar surface area (TPSA) is 53.0 Å². The van der Waals surface area contributed by atoms with Gasteiger partial charge < -0.3 is 10.6 Å². The third-order valence-corrected chi connectivity index (χ3v) is 3.31. The summed E-state index contributed by atoms with van der Waals surface area (Å²) in [5, 5.41) is 8.76. The predicted octanol–water partition coefficient (Wildman–Crippen LogP) is 1.60. The first kappa shape index (κ1) is 12.5. The molecule has 3 heteroatoms. The Balaban J connectivity index is 2.07. The van der Waals surface area contributed by atoms with Crippen LogP contribution < -0.4 is 5.73 Å². The zero-order valence-electron chi connectivity index (χ0n) is 10.2. The van der Waals surface area contributed by atoms with Gasteiger partial charge in [-0.3, -0.25) is 0 Å².